The summed E-state index contributed by atoms with van der Waals surface area (Å²) < 4.78 is 5.80. The molecule has 0 fully saturated rings. The fraction of sp³-hybridized carbons (Fsp3) is 0.375. The molecule has 0 saturated heterocycles. The predicted molar refractivity (Wildman–Crippen MR) is 79.5 cm³/mol. The Hall–Kier alpha value is -1.74. The molecule has 0 aliphatic rings. The topological polar surface area (TPSA) is 28.4 Å². The highest BCUT2D eigenvalue weighted by Crippen LogP contribution is 2.19. The van der Waals surface area contributed by atoms with Gasteiger partial charge in [0, 0.05) is 24.8 Å². The van der Waals surface area contributed by atoms with Gasteiger partial charge in [0.05, 0.1) is 6.54 Å². The van der Waals surface area contributed by atoms with Gasteiger partial charge in [0.2, 0.25) is 0 Å². The fourth-order valence-corrected chi connectivity index (χ4v) is 2.16. The van der Waals surface area contributed by atoms with E-state index in [0.717, 1.165) is 24.6 Å². The third kappa shape index (κ3) is 3.38. The molecule has 0 bridgehead atoms. The van der Waals surface area contributed by atoms with Crippen LogP contribution in [0.3, 0.4) is 0 Å². The summed E-state index contributed by atoms with van der Waals surface area (Å²) in [6, 6.07) is 10.7. The van der Waals surface area contributed by atoms with Crippen LogP contribution in [0.4, 0.5) is 5.69 Å². The van der Waals surface area contributed by atoms with Crippen molar-refractivity contribution in [3.8, 4) is 0 Å². The number of hydrogen-bond donors (Lipinski definition) is 1. The van der Waals surface area contributed by atoms with Crippen molar-refractivity contribution in [3.63, 3.8) is 0 Å². The second-order valence-electron chi connectivity index (χ2n) is 5.02. The van der Waals surface area contributed by atoms with Gasteiger partial charge < -0.3 is 14.6 Å². The zero-order valence-electron chi connectivity index (χ0n) is 12.2. The molecular formula is C16H22N2O. The maximum absolute atomic E-state index is 5.80. The summed E-state index contributed by atoms with van der Waals surface area (Å²) in [4.78, 5) is 2.20. The molecule has 0 saturated carbocycles. The van der Waals surface area contributed by atoms with E-state index in [1.165, 1.54) is 16.8 Å². The van der Waals surface area contributed by atoms with Gasteiger partial charge in [-0.2, -0.15) is 0 Å². The standard InChI is InChI=1S/C16H22N2O/c1-12-5-7-15(8-6-12)18(4)11-16-9-14(10-17-3)13(2)19-16/h5-9,17H,10-11H2,1-4H3. The van der Waals surface area contributed by atoms with E-state index in [2.05, 4.69) is 54.5 Å². The summed E-state index contributed by atoms with van der Waals surface area (Å²) in [5, 5.41) is 3.16. The monoisotopic (exact) mass is 258 g/mol. The molecular weight excluding hydrogens is 236 g/mol. The van der Waals surface area contributed by atoms with Crippen LogP contribution in [0.5, 0.6) is 0 Å². The second kappa shape index (κ2) is 5.93. The molecule has 0 radical (unpaired) electrons. The zero-order valence-corrected chi connectivity index (χ0v) is 12.2. The highest BCUT2D eigenvalue weighted by molar-refractivity contribution is 5.47. The summed E-state index contributed by atoms with van der Waals surface area (Å²) >= 11 is 0. The van der Waals surface area contributed by atoms with Crippen molar-refractivity contribution in [2.45, 2.75) is 26.9 Å². The lowest BCUT2D eigenvalue weighted by atomic mass is 10.2. The summed E-state index contributed by atoms with van der Waals surface area (Å²) in [5.41, 5.74) is 3.71. The number of nitrogens with one attached hydrogen (secondary N) is 1. The first-order valence-corrected chi connectivity index (χ1v) is 6.60. The van der Waals surface area contributed by atoms with E-state index in [9.17, 15) is 0 Å². The molecule has 1 heterocycles. The number of nitrogens with zero attached hydrogens (tertiary/aromatic N) is 1. The summed E-state index contributed by atoms with van der Waals surface area (Å²) in [6.07, 6.45) is 0. The molecule has 3 nitrogen and oxygen atoms in total. The second-order valence-corrected chi connectivity index (χ2v) is 5.02. The first-order valence-electron chi connectivity index (χ1n) is 6.60. The Labute approximate surface area is 115 Å². The van der Waals surface area contributed by atoms with Crippen LogP contribution in [-0.4, -0.2) is 14.1 Å². The number of benzene rings is 1. The normalized spacial score (nSPS) is 10.7. The van der Waals surface area contributed by atoms with Crippen molar-refractivity contribution in [2.24, 2.45) is 0 Å². The maximum Gasteiger partial charge on any atom is 0.123 e. The summed E-state index contributed by atoms with van der Waals surface area (Å²) in [6.45, 7) is 5.75. The molecule has 0 unspecified atom stereocenters. The van der Waals surface area contributed by atoms with Gasteiger partial charge in [0.15, 0.2) is 0 Å². The third-order valence-electron chi connectivity index (χ3n) is 3.31. The zero-order chi connectivity index (χ0) is 13.8. The van der Waals surface area contributed by atoms with Gasteiger partial charge in [-0.1, -0.05) is 17.7 Å². The van der Waals surface area contributed by atoms with E-state index in [-0.39, 0.29) is 0 Å². The lowest BCUT2D eigenvalue weighted by Gasteiger charge is -2.17. The maximum atomic E-state index is 5.80. The Morgan fingerprint density at radius 2 is 1.84 bits per heavy atom. The molecule has 3 heteroatoms. The van der Waals surface area contributed by atoms with Crippen molar-refractivity contribution in [3.05, 3.63) is 53.0 Å². The van der Waals surface area contributed by atoms with Gasteiger partial charge >= 0.3 is 0 Å². The highest BCUT2D eigenvalue weighted by atomic mass is 16.3. The first kappa shape index (κ1) is 13.7. The van der Waals surface area contributed by atoms with Gasteiger partial charge in [0.1, 0.15) is 11.5 Å². The Kier molecular flexibility index (Phi) is 4.27. The molecule has 0 atom stereocenters. The van der Waals surface area contributed by atoms with Crippen LogP contribution >= 0.6 is 0 Å². The highest BCUT2D eigenvalue weighted by Gasteiger charge is 2.09. The van der Waals surface area contributed by atoms with Crippen molar-refractivity contribution < 1.29 is 4.42 Å². The Morgan fingerprint density at radius 3 is 2.47 bits per heavy atom. The van der Waals surface area contributed by atoms with Gasteiger partial charge in [-0.05, 0) is 39.1 Å². The van der Waals surface area contributed by atoms with Crippen LogP contribution in [-0.2, 0) is 13.1 Å². The number of aryl methyl sites for hydroxylation is 2. The molecule has 1 N–H and O–H groups in total. The van der Waals surface area contributed by atoms with Gasteiger partial charge in [-0.25, -0.2) is 0 Å². The Morgan fingerprint density at radius 1 is 1.16 bits per heavy atom. The molecule has 0 aliphatic carbocycles. The SMILES string of the molecule is CNCc1cc(CN(C)c2ccc(C)cc2)oc1C. The van der Waals surface area contributed by atoms with Crippen LogP contribution in [0.25, 0.3) is 0 Å². The van der Waals surface area contributed by atoms with Crippen LogP contribution in [0.15, 0.2) is 34.7 Å². The molecule has 0 aliphatic heterocycles. The van der Waals surface area contributed by atoms with Crippen LogP contribution in [0.1, 0.15) is 22.6 Å². The average molecular weight is 258 g/mol. The molecule has 0 amide bonds. The van der Waals surface area contributed by atoms with E-state index in [1.54, 1.807) is 0 Å². The molecule has 0 spiro atoms. The molecule has 102 valence electrons. The molecule has 2 rings (SSSR count). The van der Waals surface area contributed by atoms with Crippen molar-refractivity contribution >= 4 is 5.69 Å². The van der Waals surface area contributed by atoms with Crippen LogP contribution < -0.4 is 10.2 Å². The van der Waals surface area contributed by atoms with Crippen LogP contribution in [0, 0.1) is 13.8 Å². The Bertz CT molecular complexity index is 528. The predicted octanol–water partition coefficient (Wildman–Crippen LogP) is 3.25. The van der Waals surface area contributed by atoms with Crippen molar-refractivity contribution in [1.29, 1.82) is 0 Å². The van der Waals surface area contributed by atoms with E-state index in [1.807, 2.05) is 14.0 Å². The number of hydrogen-bond acceptors (Lipinski definition) is 3. The molecule has 1 aromatic heterocycles. The van der Waals surface area contributed by atoms with E-state index in [4.69, 9.17) is 4.42 Å². The minimum absolute atomic E-state index is 0.785. The lowest BCUT2D eigenvalue weighted by Crippen LogP contribution is -2.15. The quantitative estimate of drug-likeness (QED) is 0.892. The van der Waals surface area contributed by atoms with Gasteiger partial charge in [0.25, 0.3) is 0 Å². The van der Waals surface area contributed by atoms with Crippen molar-refractivity contribution in [1.82, 2.24) is 5.32 Å². The largest absolute Gasteiger partial charge is 0.464 e. The van der Waals surface area contributed by atoms with Gasteiger partial charge in [-0.3, -0.25) is 0 Å². The molecule has 1 aromatic carbocycles. The number of anilines is 1. The van der Waals surface area contributed by atoms with E-state index >= 15 is 0 Å². The summed E-state index contributed by atoms with van der Waals surface area (Å²) in [5.74, 6) is 2.01. The van der Waals surface area contributed by atoms with Crippen LogP contribution in [0.2, 0.25) is 0 Å². The fourth-order valence-electron chi connectivity index (χ4n) is 2.16. The first-order chi connectivity index (χ1) is 9.10. The average Bonchev–Trinajstić information content (AvgIpc) is 2.71. The van der Waals surface area contributed by atoms with E-state index in [0.29, 0.717) is 0 Å². The third-order valence-corrected chi connectivity index (χ3v) is 3.31. The number of rotatable bonds is 5. The number of furan rings is 1. The molecule has 2 aromatic rings. The Balaban J connectivity index is 2.08. The lowest BCUT2D eigenvalue weighted by molar-refractivity contribution is 0.478. The smallest absolute Gasteiger partial charge is 0.123 e. The minimum atomic E-state index is 0.785. The minimum Gasteiger partial charge on any atom is -0.464 e. The summed E-state index contributed by atoms with van der Waals surface area (Å²) in [7, 11) is 4.03. The molecule has 19 heavy (non-hydrogen) atoms. The van der Waals surface area contributed by atoms with Crippen molar-refractivity contribution in [2.75, 3.05) is 19.0 Å². The van der Waals surface area contributed by atoms with E-state index < -0.39 is 0 Å². The van der Waals surface area contributed by atoms with Gasteiger partial charge in [-0.15, -0.1) is 0 Å².